The van der Waals surface area contributed by atoms with Crippen LogP contribution in [0.2, 0.25) is 0 Å². The number of aliphatic hydroxyl groups excluding tert-OH is 1. The summed E-state index contributed by atoms with van der Waals surface area (Å²) in [5.74, 6) is -56.3. The normalized spacial score (nSPS) is 17.3. The van der Waals surface area contributed by atoms with Crippen LogP contribution in [0.25, 0.3) is 0 Å². The molecule has 1 atom stereocenters. The van der Waals surface area contributed by atoms with Crippen molar-refractivity contribution in [3.05, 3.63) is 0 Å². The van der Waals surface area contributed by atoms with Gasteiger partial charge in [0, 0.05) is 10.3 Å². The molecule has 0 aliphatic heterocycles. The van der Waals surface area contributed by atoms with E-state index in [4.69, 9.17) is 5.11 Å². The lowest BCUT2D eigenvalue weighted by Crippen LogP contribution is -2.74. The average Bonchev–Trinajstić information content (AvgIpc) is 2.51. The molecule has 0 rings (SSSR count). The van der Waals surface area contributed by atoms with E-state index in [2.05, 4.69) is 0 Å². The van der Waals surface area contributed by atoms with Crippen molar-refractivity contribution >= 4 is 22.6 Å². The summed E-state index contributed by atoms with van der Waals surface area (Å²) in [6.45, 7) is -1.49. The summed E-state index contributed by atoms with van der Waals surface area (Å²) < 4.78 is 218. The van der Waals surface area contributed by atoms with E-state index >= 15 is 0 Å². The maximum atomic E-state index is 13.4. The van der Waals surface area contributed by atoms with Crippen molar-refractivity contribution in [1.29, 1.82) is 0 Å². The second-order valence-electron chi connectivity index (χ2n) is 5.63. The van der Waals surface area contributed by atoms with E-state index in [1.54, 1.807) is 0 Å². The Bertz CT molecular complexity index is 609. The molecule has 0 spiro atoms. The van der Waals surface area contributed by atoms with Gasteiger partial charge < -0.3 is 5.11 Å². The zero-order valence-corrected chi connectivity index (χ0v) is 15.4. The van der Waals surface area contributed by atoms with Gasteiger partial charge >= 0.3 is 47.6 Å². The lowest BCUT2D eigenvalue weighted by Gasteiger charge is -2.43. The molecule has 1 nitrogen and oxygen atoms in total. The molecule has 0 aromatic rings. The molecule has 0 saturated heterocycles. The van der Waals surface area contributed by atoms with Crippen LogP contribution in [0.15, 0.2) is 0 Å². The van der Waals surface area contributed by atoms with E-state index in [0.29, 0.717) is 22.6 Å². The van der Waals surface area contributed by atoms with Crippen LogP contribution in [0.1, 0.15) is 6.42 Å². The Morgan fingerprint density at radius 3 is 1.03 bits per heavy atom. The van der Waals surface area contributed by atoms with Crippen molar-refractivity contribution in [3.63, 3.8) is 0 Å². The summed E-state index contributed by atoms with van der Waals surface area (Å²) in [6.07, 6.45) is -10.4. The van der Waals surface area contributed by atoms with Crippen LogP contribution in [-0.4, -0.2) is 63.3 Å². The van der Waals surface area contributed by atoms with Gasteiger partial charge in [0.05, 0.1) is 6.61 Å². The van der Waals surface area contributed by atoms with E-state index in [-0.39, 0.29) is 0 Å². The first-order valence-corrected chi connectivity index (χ1v) is 7.91. The molecule has 0 aliphatic rings. The van der Waals surface area contributed by atoms with E-state index in [9.17, 15) is 74.6 Å². The molecule has 0 aromatic carbocycles. The van der Waals surface area contributed by atoms with Crippen LogP contribution in [0.3, 0.4) is 0 Å². The van der Waals surface area contributed by atoms with Gasteiger partial charge in [0.1, 0.15) is 0 Å². The molecule has 182 valence electrons. The zero-order valence-electron chi connectivity index (χ0n) is 13.2. The van der Waals surface area contributed by atoms with Gasteiger partial charge in [-0.2, -0.15) is 74.6 Å². The third-order valence-electron chi connectivity index (χ3n) is 3.46. The molecule has 0 saturated carbocycles. The molecule has 0 unspecified atom stereocenters. The van der Waals surface area contributed by atoms with Crippen LogP contribution in [0.4, 0.5) is 74.6 Å². The summed E-state index contributed by atoms with van der Waals surface area (Å²) in [5, 5.41) is 8.40. The highest BCUT2D eigenvalue weighted by atomic mass is 127. The minimum atomic E-state index is -8.62. The number of halogens is 18. The Morgan fingerprint density at radius 1 is 0.500 bits per heavy atom. The molecule has 0 bridgehead atoms. The molecular weight excluding hydrogens is 598 g/mol. The average molecular weight is 604 g/mol. The van der Waals surface area contributed by atoms with Gasteiger partial charge in [-0.05, 0) is 0 Å². The van der Waals surface area contributed by atoms with Crippen molar-refractivity contribution in [2.45, 2.75) is 58.0 Å². The standard InChI is InChI=1S/C11H6F17IO/c12-4(13,1-3(29)2-30)5(14,15)6(16,17)7(18,19)8(20,21)9(22,23)10(24,25)11(26,27)28/h3,30H,1-2H2/t3-/m0/s1. The summed E-state index contributed by atoms with van der Waals surface area (Å²) in [7, 11) is 0. The third kappa shape index (κ3) is 4.00. The maximum Gasteiger partial charge on any atom is 0.460 e. The van der Waals surface area contributed by atoms with E-state index < -0.39 is 64.6 Å². The molecule has 0 heterocycles. The topological polar surface area (TPSA) is 20.2 Å². The van der Waals surface area contributed by atoms with E-state index in [1.165, 1.54) is 0 Å². The SMILES string of the molecule is OC[C@@H](I)CC(F)(F)C(F)(F)C(F)(F)C(F)(F)C(F)(F)C(F)(F)C(F)(F)C(F)(F)F. The fraction of sp³-hybridized carbons (Fsp3) is 1.00. The molecule has 0 amide bonds. The van der Waals surface area contributed by atoms with Gasteiger partial charge in [-0.15, -0.1) is 0 Å². The first-order valence-electron chi connectivity index (χ1n) is 6.67. The monoisotopic (exact) mass is 604 g/mol. The van der Waals surface area contributed by atoms with Crippen LogP contribution in [0, 0.1) is 0 Å². The fourth-order valence-corrected chi connectivity index (χ4v) is 2.22. The van der Waals surface area contributed by atoms with E-state index in [0.717, 1.165) is 0 Å². The number of hydrogen-bond donors (Lipinski definition) is 1. The van der Waals surface area contributed by atoms with Gasteiger partial charge in [0.25, 0.3) is 0 Å². The molecule has 0 radical (unpaired) electrons. The minimum Gasteiger partial charge on any atom is -0.395 e. The number of hydrogen-bond acceptors (Lipinski definition) is 1. The lowest BCUT2D eigenvalue weighted by molar-refractivity contribution is -0.461. The number of rotatable bonds is 9. The first-order chi connectivity index (χ1) is 12.7. The highest BCUT2D eigenvalue weighted by Crippen LogP contribution is 2.64. The predicted molar refractivity (Wildman–Crippen MR) is 70.2 cm³/mol. The minimum absolute atomic E-state index is 0.680. The molecule has 30 heavy (non-hydrogen) atoms. The molecule has 1 N–H and O–H groups in total. The smallest absolute Gasteiger partial charge is 0.395 e. The van der Waals surface area contributed by atoms with Crippen molar-refractivity contribution in [2.75, 3.05) is 6.61 Å². The fourth-order valence-electron chi connectivity index (χ4n) is 1.67. The van der Waals surface area contributed by atoms with Gasteiger partial charge in [0.2, 0.25) is 0 Å². The van der Waals surface area contributed by atoms with Crippen molar-refractivity contribution in [2.24, 2.45) is 0 Å². The van der Waals surface area contributed by atoms with Crippen LogP contribution in [0.5, 0.6) is 0 Å². The quantitative estimate of drug-likeness (QED) is 0.190. The second kappa shape index (κ2) is 7.82. The van der Waals surface area contributed by atoms with Crippen LogP contribution >= 0.6 is 22.6 Å². The number of alkyl halides is 18. The Morgan fingerprint density at radius 2 is 0.767 bits per heavy atom. The number of aliphatic hydroxyl groups is 1. The Balaban J connectivity index is 6.62. The summed E-state index contributed by atoms with van der Waals surface area (Å²) in [6, 6.07) is 0. The summed E-state index contributed by atoms with van der Waals surface area (Å²) >= 11 is 0.680. The second-order valence-corrected chi connectivity index (χ2v) is 7.39. The summed E-state index contributed by atoms with van der Waals surface area (Å²) in [4.78, 5) is 0. The highest BCUT2D eigenvalue weighted by Gasteiger charge is 2.95. The molecule has 0 aliphatic carbocycles. The van der Waals surface area contributed by atoms with Crippen molar-refractivity contribution in [1.82, 2.24) is 0 Å². The van der Waals surface area contributed by atoms with Crippen molar-refractivity contribution < 1.29 is 79.7 Å². The van der Waals surface area contributed by atoms with Crippen molar-refractivity contribution in [3.8, 4) is 0 Å². The molecule has 19 heteroatoms. The Hall–Kier alpha value is -0.500. The third-order valence-corrected chi connectivity index (χ3v) is 4.30. The molecule has 0 aromatic heterocycles. The van der Waals surface area contributed by atoms with Gasteiger partial charge in [-0.25, -0.2) is 0 Å². The van der Waals surface area contributed by atoms with Gasteiger partial charge in [-0.3, -0.25) is 0 Å². The first kappa shape index (κ1) is 29.5. The predicted octanol–water partition coefficient (Wildman–Crippen LogP) is 6.18. The molecular formula is C11H6F17IO. The largest absolute Gasteiger partial charge is 0.460 e. The highest BCUT2D eigenvalue weighted by molar-refractivity contribution is 14.1. The van der Waals surface area contributed by atoms with Crippen LogP contribution in [-0.2, 0) is 0 Å². The Labute approximate surface area is 167 Å². The summed E-state index contributed by atoms with van der Waals surface area (Å²) in [5.41, 5.74) is 0. The molecule has 0 fully saturated rings. The van der Waals surface area contributed by atoms with Crippen LogP contribution < -0.4 is 0 Å². The zero-order chi connectivity index (χ0) is 25.0. The maximum absolute atomic E-state index is 13.4. The lowest BCUT2D eigenvalue weighted by atomic mass is 9.88. The van der Waals surface area contributed by atoms with E-state index in [1.807, 2.05) is 0 Å². The van der Waals surface area contributed by atoms with Gasteiger partial charge in [-0.1, -0.05) is 22.6 Å². The van der Waals surface area contributed by atoms with Gasteiger partial charge in [0.15, 0.2) is 0 Å². The Kier molecular flexibility index (Phi) is 7.69.